The van der Waals surface area contributed by atoms with Crippen LogP contribution in [0.25, 0.3) is 0 Å². The van der Waals surface area contributed by atoms with E-state index >= 15 is 0 Å². The molecular weight excluding hydrogens is 250 g/mol. The van der Waals surface area contributed by atoms with Crippen LogP contribution in [0, 0.1) is 6.92 Å². The third kappa shape index (κ3) is 3.60. The molecule has 0 atom stereocenters. The second-order valence-electron chi connectivity index (χ2n) is 5.74. The molecule has 0 saturated carbocycles. The molecule has 1 aromatic heterocycles. The van der Waals surface area contributed by atoms with Gasteiger partial charge in [0.2, 0.25) is 5.95 Å². The van der Waals surface area contributed by atoms with Crippen molar-refractivity contribution in [2.45, 2.75) is 40.2 Å². The molecule has 0 bridgehead atoms. The Balaban J connectivity index is 2.05. The van der Waals surface area contributed by atoms with E-state index in [9.17, 15) is 0 Å². The van der Waals surface area contributed by atoms with Crippen LogP contribution in [0.5, 0.6) is 0 Å². The monoisotopic (exact) mass is 277 g/mol. The van der Waals surface area contributed by atoms with Crippen LogP contribution in [0.15, 0.2) is 6.20 Å². The first-order chi connectivity index (χ1) is 9.61. The second-order valence-corrected chi connectivity index (χ2v) is 5.74. The highest BCUT2D eigenvalue weighted by molar-refractivity contribution is 5.49. The lowest BCUT2D eigenvalue weighted by molar-refractivity contribution is 0.209. The fraction of sp³-hybridized carbons (Fsp3) is 0.733. The van der Waals surface area contributed by atoms with E-state index in [1.807, 2.05) is 6.20 Å². The Hall–Kier alpha value is -1.36. The lowest BCUT2D eigenvalue weighted by Crippen LogP contribution is -2.49. The highest BCUT2D eigenvalue weighted by Gasteiger charge is 2.21. The van der Waals surface area contributed by atoms with Gasteiger partial charge in [-0.1, -0.05) is 6.92 Å². The average Bonchev–Trinajstić information content (AvgIpc) is 2.46. The van der Waals surface area contributed by atoms with E-state index in [4.69, 9.17) is 0 Å². The van der Waals surface area contributed by atoms with Gasteiger partial charge < -0.3 is 10.2 Å². The van der Waals surface area contributed by atoms with E-state index < -0.39 is 0 Å². The normalized spacial score (nSPS) is 16.8. The summed E-state index contributed by atoms with van der Waals surface area (Å²) >= 11 is 0. The van der Waals surface area contributed by atoms with E-state index in [-0.39, 0.29) is 0 Å². The standard InChI is InChI=1S/C15H27N5/c1-5-6-16-15-17-11-13(4)14(18-15)20-9-7-19(8-10-20)12(2)3/h11-12H,5-10H2,1-4H3,(H,16,17,18). The fourth-order valence-corrected chi connectivity index (χ4v) is 2.53. The summed E-state index contributed by atoms with van der Waals surface area (Å²) in [5.41, 5.74) is 1.16. The molecule has 0 amide bonds. The van der Waals surface area contributed by atoms with Gasteiger partial charge in [-0.25, -0.2) is 4.98 Å². The highest BCUT2D eigenvalue weighted by atomic mass is 15.3. The van der Waals surface area contributed by atoms with Crippen LogP contribution in [0.1, 0.15) is 32.8 Å². The molecule has 0 unspecified atom stereocenters. The number of hydrogen-bond donors (Lipinski definition) is 1. The Morgan fingerprint density at radius 2 is 1.95 bits per heavy atom. The predicted octanol–water partition coefficient (Wildman–Crippen LogP) is 2.14. The van der Waals surface area contributed by atoms with Gasteiger partial charge in [-0.3, -0.25) is 4.90 Å². The Bertz CT molecular complexity index is 424. The molecule has 2 heterocycles. The average molecular weight is 277 g/mol. The van der Waals surface area contributed by atoms with Gasteiger partial charge in [-0.2, -0.15) is 4.98 Å². The van der Waals surface area contributed by atoms with Crippen molar-refractivity contribution >= 4 is 11.8 Å². The highest BCUT2D eigenvalue weighted by Crippen LogP contribution is 2.20. The summed E-state index contributed by atoms with van der Waals surface area (Å²) in [5.74, 6) is 1.83. The van der Waals surface area contributed by atoms with Crippen LogP contribution in [0.2, 0.25) is 0 Å². The first-order valence-electron chi connectivity index (χ1n) is 7.68. The Kier molecular flexibility index (Phi) is 5.17. The minimum absolute atomic E-state index is 0.630. The van der Waals surface area contributed by atoms with Gasteiger partial charge >= 0.3 is 0 Å². The number of rotatable bonds is 5. The molecule has 0 radical (unpaired) electrons. The molecule has 1 N–H and O–H groups in total. The van der Waals surface area contributed by atoms with Crippen molar-refractivity contribution in [2.75, 3.05) is 42.9 Å². The van der Waals surface area contributed by atoms with Gasteiger partial charge in [0.05, 0.1) is 0 Å². The third-order valence-corrected chi connectivity index (χ3v) is 3.82. The molecular formula is C15H27N5. The third-order valence-electron chi connectivity index (χ3n) is 3.82. The predicted molar refractivity (Wildman–Crippen MR) is 84.5 cm³/mol. The molecule has 112 valence electrons. The molecule has 0 aromatic carbocycles. The van der Waals surface area contributed by atoms with Crippen molar-refractivity contribution in [3.05, 3.63) is 11.8 Å². The first-order valence-corrected chi connectivity index (χ1v) is 7.68. The number of piperazine rings is 1. The molecule has 1 aliphatic rings. The van der Waals surface area contributed by atoms with Crippen molar-refractivity contribution in [3.63, 3.8) is 0 Å². The summed E-state index contributed by atoms with van der Waals surface area (Å²) in [5, 5.41) is 3.27. The van der Waals surface area contributed by atoms with E-state index in [0.717, 1.165) is 56.5 Å². The van der Waals surface area contributed by atoms with E-state index in [0.29, 0.717) is 6.04 Å². The molecule has 20 heavy (non-hydrogen) atoms. The van der Waals surface area contributed by atoms with Crippen molar-refractivity contribution in [2.24, 2.45) is 0 Å². The van der Waals surface area contributed by atoms with Crippen LogP contribution < -0.4 is 10.2 Å². The number of anilines is 2. The minimum Gasteiger partial charge on any atom is -0.354 e. The van der Waals surface area contributed by atoms with Gasteiger partial charge in [-0.05, 0) is 27.2 Å². The molecule has 5 heteroatoms. The SMILES string of the molecule is CCCNc1ncc(C)c(N2CCN(C(C)C)CC2)n1. The second kappa shape index (κ2) is 6.88. The van der Waals surface area contributed by atoms with Gasteiger partial charge in [0.15, 0.2) is 0 Å². The molecule has 5 nitrogen and oxygen atoms in total. The van der Waals surface area contributed by atoms with Crippen molar-refractivity contribution in [1.82, 2.24) is 14.9 Å². The molecule has 1 aliphatic heterocycles. The number of aryl methyl sites for hydroxylation is 1. The summed E-state index contributed by atoms with van der Waals surface area (Å²) in [6.45, 7) is 14.0. The summed E-state index contributed by atoms with van der Waals surface area (Å²) in [6.07, 6.45) is 3.01. The van der Waals surface area contributed by atoms with Crippen molar-refractivity contribution in [1.29, 1.82) is 0 Å². The number of nitrogens with one attached hydrogen (secondary N) is 1. The van der Waals surface area contributed by atoms with Crippen LogP contribution >= 0.6 is 0 Å². The van der Waals surface area contributed by atoms with Crippen molar-refractivity contribution in [3.8, 4) is 0 Å². The maximum absolute atomic E-state index is 4.69. The molecule has 0 aliphatic carbocycles. The summed E-state index contributed by atoms with van der Waals surface area (Å²) in [6, 6.07) is 0.630. The number of nitrogens with zero attached hydrogens (tertiary/aromatic N) is 4. The smallest absolute Gasteiger partial charge is 0.224 e. The molecule has 1 aromatic rings. The Labute approximate surface area is 122 Å². The maximum atomic E-state index is 4.69. The van der Waals surface area contributed by atoms with Crippen LogP contribution in [-0.4, -0.2) is 53.6 Å². The Morgan fingerprint density at radius 3 is 2.55 bits per heavy atom. The van der Waals surface area contributed by atoms with Crippen molar-refractivity contribution < 1.29 is 0 Å². The van der Waals surface area contributed by atoms with Gasteiger partial charge in [0.25, 0.3) is 0 Å². The maximum Gasteiger partial charge on any atom is 0.224 e. The van der Waals surface area contributed by atoms with Gasteiger partial charge in [-0.15, -0.1) is 0 Å². The van der Waals surface area contributed by atoms with Crippen LogP contribution in [0.4, 0.5) is 11.8 Å². The van der Waals surface area contributed by atoms with E-state index in [1.54, 1.807) is 0 Å². The molecule has 2 rings (SSSR count). The zero-order valence-electron chi connectivity index (χ0n) is 13.2. The molecule has 1 saturated heterocycles. The number of aromatic nitrogens is 2. The topological polar surface area (TPSA) is 44.3 Å². The van der Waals surface area contributed by atoms with Crippen LogP contribution in [-0.2, 0) is 0 Å². The lowest BCUT2D eigenvalue weighted by atomic mass is 10.2. The Morgan fingerprint density at radius 1 is 1.25 bits per heavy atom. The zero-order valence-corrected chi connectivity index (χ0v) is 13.2. The molecule has 1 fully saturated rings. The summed E-state index contributed by atoms with van der Waals surface area (Å²) in [7, 11) is 0. The minimum atomic E-state index is 0.630. The van der Waals surface area contributed by atoms with Gasteiger partial charge in [0.1, 0.15) is 5.82 Å². The van der Waals surface area contributed by atoms with Gasteiger partial charge in [0, 0.05) is 50.5 Å². The quantitative estimate of drug-likeness (QED) is 0.893. The van der Waals surface area contributed by atoms with Crippen LogP contribution in [0.3, 0.4) is 0 Å². The zero-order chi connectivity index (χ0) is 14.5. The summed E-state index contributed by atoms with van der Waals surface area (Å²) < 4.78 is 0. The molecule has 0 spiro atoms. The largest absolute Gasteiger partial charge is 0.354 e. The van der Waals surface area contributed by atoms with E-state index in [2.05, 4.69) is 52.8 Å². The summed E-state index contributed by atoms with van der Waals surface area (Å²) in [4.78, 5) is 13.9. The number of hydrogen-bond acceptors (Lipinski definition) is 5. The first kappa shape index (κ1) is 15.0. The van der Waals surface area contributed by atoms with E-state index in [1.165, 1.54) is 0 Å². The lowest BCUT2D eigenvalue weighted by Gasteiger charge is -2.38. The fourth-order valence-electron chi connectivity index (χ4n) is 2.53.